The van der Waals surface area contributed by atoms with E-state index in [0.717, 1.165) is 41.9 Å². The van der Waals surface area contributed by atoms with Crippen molar-refractivity contribution in [1.29, 1.82) is 0 Å². The molecule has 0 aliphatic carbocycles. The number of unbranched alkanes of at least 4 members (excludes halogenated alkanes) is 1. The van der Waals surface area contributed by atoms with Gasteiger partial charge in [0.05, 0.1) is 75.3 Å². The van der Waals surface area contributed by atoms with Crippen LogP contribution in [0, 0.1) is 13.8 Å². The van der Waals surface area contributed by atoms with Crippen molar-refractivity contribution in [3.63, 3.8) is 0 Å². The van der Waals surface area contributed by atoms with E-state index in [-0.39, 0.29) is 103 Å². The van der Waals surface area contributed by atoms with Crippen LogP contribution >= 0.6 is 36.1 Å². The van der Waals surface area contributed by atoms with Gasteiger partial charge in [-0.3, -0.25) is 13.7 Å². The third-order valence-corrected chi connectivity index (χ3v) is 16.7. The molecule has 0 saturated heterocycles. The van der Waals surface area contributed by atoms with Crippen molar-refractivity contribution in [2.75, 3.05) is 30.5 Å². The quantitative estimate of drug-likeness (QED) is 0.00396. The predicted molar refractivity (Wildman–Crippen MR) is 320 cm³/mol. The summed E-state index contributed by atoms with van der Waals surface area (Å²) in [4.78, 5) is -1.95. The van der Waals surface area contributed by atoms with E-state index in [0.29, 0.717) is 53.0 Å². The highest BCUT2D eigenvalue weighted by Gasteiger charge is 2.27. The Morgan fingerprint density at radius 3 is 1.58 bits per heavy atom. The summed E-state index contributed by atoms with van der Waals surface area (Å²) in [6.07, 6.45) is 0.763. The largest absolute Gasteiger partial charge is 0.505 e. The Balaban J connectivity index is 1.14. The van der Waals surface area contributed by atoms with E-state index in [1.807, 2.05) is 0 Å². The summed E-state index contributed by atoms with van der Waals surface area (Å²) in [5, 5.41) is 106. The fourth-order valence-corrected chi connectivity index (χ4v) is 11.6. The zero-order chi connectivity index (χ0) is 64.2. The number of nitrogens with two attached hydrogens (primary N) is 1. The standard InChI is InChI=1S/C51H47N9O23S6/c1-26-7-13-38(77-15-5-16-84-81-78-64)35(18-26)55-58-46-40(86-83-80-66)21-28-8-9-32(25-34(28)50(46)62)54-57-45-39(85-82-79-65)22-30-24-42(89(73,74)75)48(51(63)43(30)44(45)52)59-53-31-10-11-33-29(20-31)23-41(88(70,71)72)47(49(33)61)60-56-36-19-27(2)6-12-37(36)76-14-3-4-17-87(67,68)69/h6-13,18-25,61-66H,3-5,14-17,52H2,1-2H3,(H,67,68,69)(H,70,71,72)(H,73,74,75). The molecule has 32 nitrogen and oxygen atoms in total. The Hall–Kier alpha value is -7.84. The van der Waals surface area contributed by atoms with Crippen LogP contribution in [0.2, 0.25) is 0 Å². The smallest absolute Gasteiger partial charge is 0.296 e. The Bertz CT molecular complexity index is 4470. The van der Waals surface area contributed by atoms with Gasteiger partial charge < -0.3 is 30.5 Å². The van der Waals surface area contributed by atoms with Crippen molar-refractivity contribution in [3.05, 3.63) is 108 Å². The number of phenols is 3. The minimum atomic E-state index is -5.28. The van der Waals surface area contributed by atoms with Gasteiger partial charge in [0.1, 0.15) is 55.4 Å². The van der Waals surface area contributed by atoms with Gasteiger partial charge in [-0.1, -0.05) is 33.3 Å². The average Bonchev–Trinajstić information content (AvgIpc) is 0.787. The van der Waals surface area contributed by atoms with E-state index < -0.39 is 80.2 Å². The number of benzene rings is 8. The molecule has 38 heteroatoms. The molecule has 0 aliphatic rings. The Kier molecular flexibility index (Phi) is 22.4. The summed E-state index contributed by atoms with van der Waals surface area (Å²) in [5.41, 5.74) is 5.79. The number of anilines is 1. The maximum Gasteiger partial charge on any atom is 0.296 e. The van der Waals surface area contributed by atoms with Crippen LogP contribution in [0.15, 0.2) is 158 Å². The number of hydrogen-bond acceptors (Lipinski definition) is 32. The molecule has 89 heavy (non-hydrogen) atoms. The predicted octanol–water partition coefficient (Wildman–Crippen LogP) is 14.4. The van der Waals surface area contributed by atoms with Gasteiger partial charge in [0.15, 0.2) is 17.2 Å². The molecular weight excluding hydrogens is 1300 g/mol. The van der Waals surface area contributed by atoms with Crippen LogP contribution in [0.4, 0.5) is 51.2 Å². The summed E-state index contributed by atoms with van der Waals surface area (Å²) in [6, 6.07) is 22.2. The molecule has 0 atom stereocenters. The van der Waals surface area contributed by atoms with E-state index in [1.165, 1.54) is 48.5 Å². The first-order chi connectivity index (χ1) is 42.4. The number of ether oxygens (including phenoxy) is 2. The summed E-state index contributed by atoms with van der Waals surface area (Å²) in [7, 11) is -14.7. The van der Waals surface area contributed by atoms with Gasteiger partial charge in [-0.05, 0) is 139 Å². The highest BCUT2D eigenvalue weighted by Crippen LogP contribution is 2.51. The lowest BCUT2D eigenvalue weighted by molar-refractivity contribution is -0.432. The van der Waals surface area contributed by atoms with Gasteiger partial charge in [-0.15, -0.1) is 43.7 Å². The lowest BCUT2D eigenvalue weighted by Gasteiger charge is -2.14. The maximum absolute atomic E-state index is 13.0. The van der Waals surface area contributed by atoms with Crippen LogP contribution in [0.25, 0.3) is 32.3 Å². The number of azo groups is 4. The number of nitrogen functional groups attached to an aromatic ring is 1. The number of aryl methyl sites for hydroxylation is 2. The van der Waals surface area contributed by atoms with Crippen molar-refractivity contribution in [2.45, 2.75) is 52.7 Å². The van der Waals surface area contributed by atoms with E-state index in [4.69, 9.17) is 35.5 Å². The van der Waals surface area contributed by atoms with Crippen LogP contribution in [0.5, 0.6) is 28.7 Å². The van der Waals surface area contributed by atoms with Gasteiger partial charge in [0.2, 0.25) is 0 Å². The average molecular weight is 1350 g/mol. The van der Waals surface area contributed by atoms with Gasteiger partial charge in [-0.25, -0.2) is 15.8 Å². The molecule has 0 unspecified atom stereocenters. The molecular formula is C51H47N9O23S6. The topological polar surface area (TPSA) is 483 Å². The van der Waals surface area contributed by atoms with Gasteiger partial charge in [0, 0.05) is 28.6 Å². The van der Waals surface area contributed by atoms with Crippen LogP contribution in [0.3, 0.4) is 0 Å². The zero-order valence-electron chi connectivity index (χ0n) is 45.5. The van der Waals surface area contributed by atoms with Crippen LogP contribution < -0.4 is 15.2 Å². The minimum absolute atomic E-state index is 0.0129. The van der Waals surface area contributed by atoms with Crippen molar-refractivity contribution >= 4 is 150 Å². The number of hydrogen-bond donors (Lipinski definition) is 10. The molecule has 0 heterocycles. The van der Waals surface area contributed by atoms with Crippen LogP contribution in [0.1, 0.15) is 30.4 Å². The molecule has 0 spiro atoms. The molecule has 0 radical (unpaired) electrons. The third kappa shape index (κ3) is 17.1. The van der Waals surface area contributed by atoms with E-state index in [1.54, 1.807) is 38.1 Å². The van der Waals surface area contributed by atoms with Crippen LogP contribution in [-0.2, 0) is 58.5 Å². The first-order valence-electron chi connectivity index (χ1n) is 25.0. The molecule has 0 aromatic heterocycles. The highest BCUT2D eigenvalue weighted by atomic mass is 32.2. The van der Waals surface area contributed by atoms with Gasteiger partial charge in [-0.2, -0.15) is 35.5 Å². The second-order valence-electron chi connectivity index (χ2n) is 18.4. The molecule has 8 rings (SSSR count). The van der Waals surface area contributed by atoms with Gasteiger partial charge >= 0.3 is 0 Å². The molecule has 470 valence electrons. The monoisotopic (exact) mass is 1350 g/mol. The Morgan fingerprint density at radius 1 is 0.483 bits per heavy atom. The second-order valence-corrected chi connectivity index (χ2v) is 25.0. The molecule has 0 saturated carbocycles. The number of nitrogens with zero attached hydrogens (tertiary/aromatic N) is 8. The fraction of sp³-hybridized carbons (Fsp3) is 0.176. The highest BCUT2D eigenvalue weighted by molar-refractivity contribution is 7.95. The number of phenolic OH excluding ortho intramolecular Hbond substituents is 3. The zero-order valence-corrected chi connectivity index (χ0v) is 50.4. The first kappa shape index (κ1) is 67.1. The lowest BCUT2D eigenvalue weighted by Crippen LogP contribution is -2.06. The normalized spacial score (nSPS) is 12.6. The number of aromatic hydroxyl groups is 3. The van der Waals surface area contributed by atoms with Crippen molar-refractivity contribution < 1.29 is 108 Å². The van der Waals surface area contributed by atoms with Crippen molar-refractivity contribution in [3.8, 4) is 28.7 Å². The van der Waals surface area contributed by atoms with E-state index in [2.05, 4.69) is 69.0 Å². The SMILES string of the molecule is Cc1ccc(OCCCSOOO)c(N=Nc2c(SOOO)cc3ccc(N=Nc4c(SOOO)cc5cc(S(=O)(=O)O)c(N=Nc6ccc7c(O)c(N=Nc8cc(C)ccc8OCCCCS(=O)(=O)O)c(S(=O)(=O)O)cc7c6)c(O)c5c4N)cc3c2O)c1. The minimum Gasteiger partial charge on any atom is -0.505 e. The third-order valence-electron chi connectivity index (χ3n) is 12.3. The summed E-state index contributed by atoms with van der Waals surface area (Å²) < 4.78 is 129. The second kappa shape index (κ2) is 29.6. The molecule has 0 bridgehead atoms. The summed E-state index contributed by atoms with van der Waals surface area (Å²) >= 11 is 1.64. The molecule has 8 aromatic rings. The lowest BCUT2D eigenvalue weighted by atomic mass is 10.0. The first-order valence-corrected chi connectivity index (χ1v) is 31.9. The fourth-order valence-electron chi connectivity index (χ4n) is 8.32. The number of fused-ring (bicyclic) bond motifs is 3. The summed E-state index contributed by atoms with van der Waals surface area (Å²) in [5.74, 6) is -1.87. The van der Waals surface area contributed by atoms with Crippen LogP contribution in [-0.4, -0.2) is 94.7 Å². The van der Waals surface area contributed by atoms with Crippen molar-refractivity contribution in [1.82, 2.24) is 0 Å². The molecule has 0 amide bonds. The molecule has 0 aliphatic heterocycles. The Labute approximate surface area is 515 Å². The molecule has 11 N–H and O–H groups in total. The maximum atomic E-state index is 13.0. The molecule has 8 aromatic carbocycles. The summed E-state index contributed by atoms with van der Waals surface area (Å²) in [6.45, 7) is 3.70. The Morgan fingerprint density at radius 2 is 0.989 bits per heavy atom. The van der Waals surface area contributed by atoms with E-state index >= 15 is 0 Å². The van der Waals surface area contributed by atoms with Crippen molar-refractivity contribution in [2.24, 2.45) is 40.9 Å². The van der Waals surface area contributed by atoms with E-state index in [9.17, 15) is 49.7 Å². The van der Waals surface area contributed by atoms with Gasteiger partial charge in [0.25, 0.3) is 30.4 Å². The molecule has 0 fully saturated rings. The number of rotatable bonds is 29.